The molecule has 0 saturated heterocycles. The van der Waals surface area contributed by atoms with Crippen molar-refractivity contribution in [2.45, 2.75) is 10.1 Å². The molecule has 1 heterocycles. The van der Waals surface area contributed by atoms with E-state index in [0.717, 1.165) is 27.1 Å². The summed E-state index contributed by atoms with van der Waals surface area (Å²) in [7, 11) is 0. The van der Waals surface area contributed by atoms with Gasteiger partial charge in [-0.3, -0.25) is 9.59 Å². The van der Waals surface area contributed by atoms with Crippen molar-refractivity contribution in [1.82, 2.24) is 4.98 Å². The summed E-state index contributed by atoms with van der Waals surface area (Å²) in [6.07, 6.45) is 0. The first-order valence-corrected chi connectivity index (χ1v) is 14.4. The lowest BCUT2D eigenvalue weighted by Crippen LogP contribution is -2.19. The molecule has 2 amide bonds. The number of nitrogens with one attached hydrogen (secondary N) is 2. The predicted octanol–water partition coefficient (Wildman–Crippen LogP) is 8.87. The molecule has 1 atom stereocenters. The number of nitrogens with zero attached hydrogens (tertiary/aromatic N) is 1. The number of hydrogen-bond acceptors (Lipinski definition) is 5. The van der Waals surface area contributed by atoms with Crippen molar-refractivity contribution in [2.24, 2.45) is 0 Å². The second kappa shape index (κ2) is 12.3. The lowest BCUT2D eigenvalue weighted by Gasteiger charge is -2.18. The SMILES string of the molecule is O=C(Nc1cccc(SC(C(=O)Nc2ccc(-c3nc4ccccc4o3)cc2)c2ccccc2)c1)c1cccc(Cl)c1. The molecule has 6 rings (SSSR count). The minimum atomic E-state index is -0.540. The third-order valence-corrected chi connectivity index (χ3v) is 7.95. The fourth-order valence-electron chi connectivity index (χ4n) is 4.42. The van der Waals surface area contributed by atoms with Gasteiger partial charge in [0, 0.05) is 32.4 Å². The number of halogens is 1. The highest BCUT2D eigenvalue weighted by molar-refractivity contribution is 8.00. The average molecular weight is 590 g/mol. The smallest absolute Gasteiger partial charge is 0.255 e. The lowest BCUT2D eigenvalue weighted by molar-refractivity contribution is -0.115. The van der Waals surface area contributed by atoms with Crippen LogP contribution in [0.3, 0.4) is 0 Å². The van der Waals surface area contributed by atoms with Gasteiger partial charge in [-0.15, -0.1) is 11.8 Å². The number of fused-ring (bicyclic) bond motifs is 1. The Morgan fingerprint density at radius 3 is 2.29 bits per heavy atom. The first-order chi connectivity index (χ1) is 20.5. The fraction of sp³-hybridized carbons (Fsp3) is 0.0294. The molecule has 0 spiro atoms. The highest BCUT2D eigenvalue weighted by atomic mass is 35.5. The zero-order valence-electron chi connectivity index (χ0n) is 22.2. The molecule has 0 aliphatic heterocycles. The molecule has 1 aromatic heterocycles. The molecule has 0 fully saturated rings. The number of oxazole rings is 1. The molecule has 0 saturated carbocycles. The Balaban J connectivity index is 1.19. The highest BCUT2D eigenvalue weighted by Crippen LogP contribution is 2.37. The Kier molecular flexibility index (Phi) is 8.03. The van der Waals surface area contributed by atoms with Gasteiger partial charge in [0.2, 0.25) is 11.8 Å². The van der Waals surface area contributed by atoms with Crippen LogP contribution in [0.25, 0.3) is 22.6 Å². The zero-order chi connectivity index (χ0) is 28.9. The quantitative estimate of drug-likeness (QED) is 0.173. The van der Waals surface area contributed by atoms with Crippen molar-refractivity contribution < 1.29 is 14.0 Å². The first-order valence-electron chi connectivity index (χ1n) is 13.2. The van der Waals surface area contributed by atoms with E-state index >= 15 is 0 Å². The van der Waals surface area contributed by atoms with E-state index in [1.54, 1.807) is 24.3 Å². The summed E-state index contributed by atoms with van der Waals surface area (Å²) < 4.78 is 5.87. The number of carbonyl (C=O) groups is 2. The maximum absolute atomic E-state index is 13.6. The second-order valence-corrected chi connectivity index (χ2v) is 11.1. The summed E-state index contributed by atoms with van der Waals surface area (Å²) in [6.45, 7) is 0. The molecule has 2 N–H and O–H groups in total. The Bertz CT molecular complexity index is 1840. The molecule has 0 bridgehead atoms. The summed E-state index contributed by atoms with van der Waals surface area (Å²) >= 11 is 7.44. The number of anilines is 2. The van der Waals surface area contributed by atoms with E-state index in [9.17, 15) is 9.59 Å². The number of para-hydroxylation sites is 2. The molecular formula is C34H24ClN3O3S. The van der Waals surface area contributed by atoms with Gasteiger partial charge < -0.3 is 15.1 Å². The summed E-state index contributed by atoms with van der Waals surface area (Å²) in [5.41, 5.74) is 4.92. The van der Waals surface area contributed by atoms with Crippen molar-refractivity contribution >= 4 is 57.7 Å². The summed E-state index contributed by atoms with van der Waals surface area (Å²) in [5, 5.41) is 5.91. The number of benzene rings is 5. The van der Waals surface area contributed by atoms with Gasteiger partial charge in [-0.1, -0.05) is 66.2 Å². The van der Waals surface area contributed by atoms with Crippen molar-refractivity contribution in [3.8, 4) is 11.5 Å². The molecule has 6 nitrogen and oxygen atoms in total. The van der Waals surface area contributed by atoms with Gasteiger partial charge in [-0.2, -0.15) is 0 Å². The van der Waals surface area contributed by atoms with Crippen molar-refractivity contribution in [3.05, 3.63) is 144 Å². The van der Waals surface area contributed by atoms with Crippen molar-refractivity contribution in [1.29, 1.82) is 0 Å². The largest absolute Gasteiger partial charge is 0.436 e. The Morgan fingerprint density at radius 1 is 0.738 bits per heavy atom. The third kappa shape index (κ3) is 6.38. The van der Waals surface area contributed by atoms with Crippen LogP contribution < -0.4 is 10.6 Å². The third-order valence-electron chi connectivity index (χ3n) is 6.47. The van der Waals surface area contributed by atoms with Gasteiger partial charge in [0.1, 0.15) is 10.8 Å². The number of thioether (sulfide) groups is 1. The Labute approximate surface area is 251 Å². The van der Waals surface area contributed by atoms with E-state index in [2.05, 4.69) is 15.6 Å². The topological polar surface area (TPSA) is 84.2 Å². The second-order valence-electron chi connectivity index (χ2n) is 9.45. The number of hydrogen-bond donors (Lipinski definition) is 2. The summed E-state index contributed by atoms with van der Waals surface area (Å²) in [4.78, 5) is 31.7. The average Bonchev–Trinajstić information content (AvgIpc) is 3.45. The molecule has 0 radical (unpaired) electrons. The molecule has 206 valence electrons. The van der Waals surface area contributed by atoms with E-state index in [1.807, 2.05) is 103 Å². The van der Waals surface area contributed by atoms with E-state index in [4.69, 9.17) is 16.0 Å². The molecule has 8 heteroatoms. The maximum Gasteiger partial charge on any atom is 0.255 e. The van der Waals surface area contributed by atoms with E-state index < -0.39 is 5.25 Å². The number of carbonyl (C=O) groups excluding carboxylic acids is 2. The first kappa shape index (κ1) is 27.3. The van der Waals surface area contributed by atoms with Crippen LogP contribution in [-0.4, -0.2) is 16.8 Å². The lowest BCUT2D eigenvalue weighted by atomic mass is 10.1. The van der Waals surface area contributed by atoms with Gasteiger partial charge in [-0.25, -0.2) is 4.98 Å². The van der Waals surface area contributed by atoms with Gasteiger partial charge in [-0.05, 0) is 78.4 Å². The van der Waals surface area contributed by atoms with Crippen LogP contribution >= 0.6 is 23.4 Å². The predicted molar refractivity (Wildman–Crippen MR) is 169 cm³/mol. The van der Waals surface area contributed by atoms with Crippen molar-refractivity contribution in [3.63, 3.8) is 0 Å². The van der Waals surface area contributed by atoms with Gasteiger partial charge in [0.15, 0.2) is 5.58 Å². The Morgan fingerprint density at radius 2 is 1.50 bits per heavy atom. The standard InChI is InChI=1S/C34H24ClN3O3S/c35-25-11-6-10-24(20-25)32(39)37-27-12-7-13-28(21-27)42-31(22-8-2-1-3-9-22)33(40)36-26-18-16-23(17-19-26)34-38-29-14-4-5-15-30(29)41-34/h1-21,31H,(H,36,40)(H,37,39). The molecule has 6 aromatic rings. The molecule has 1 unspecified atom stereocenters. The van der Waals surface area contributed by atoms with Crippen LogP contribution in [0, 0.1) is 0 Å². The maximum atomic E-state index is 13.6. The Hall–Kier alpha value is -4.85. The molecule has 42 heavy (non-hydrogen) atoms. The van der Waals surface area contributed by atoms with E-state index in [0.29, 0.717) is 27.9 Å². The summed E-state index contributed by atoms with van der Waals surface area (Å²) in [5.74, 6) is 0.0848. The molecule has 5 aromatic carbocycles. The van der Waals surface area contributed by atoms with Crippen molar-refractivity contribution in [2.75, 3.05) is 10.6 Å². The van der Waals surface area contributed by atoms with Crippen LogP contribution in [0.15, 0.2) is 137 Å². The molecular weight excluding hydrogens is 566 g/mol. The zero-order valence-corrected chi connectivity index (χ0v) is 23.7. The van der Waals surface area contributed by atoms with Crippen LogP contribution in [0.1, 0.15) is 21.2 Å². The minimum Gasteiger partial charge on any atom is -0.436 e. The van der Waals surface area contributed by atoms with Gasteiger partial charge >= 0.3 is 0 Å². The van der Waals surface area contributed by atoms with E-state index in [1.165, 1.54) is 11.8 Å². The highest BCUT2D eigenvalue weighted by Gasteiger charge is 2.23. The monoisotopic (exact) mass is 589 g/mol. The van der Waals surface area contributed by atoms with Crippen LogP contribution in [0.4, 0.5) is 11.4 Å². The number of rotatable bonds is 8. The normalized spacial score (nSPS) is 11.6. The number of amides is 2. The minimum absolute atomic E-state index is 0.172. The van der Waals surface area contributed by atoms with Gasteiger partial charge in [0.05, 0.1) is 0 Å². The fourth-order valence-corrected chi connectivity index (χ4v) is 5.69. The van der Waals surface area contributed by atoms with Crippen LogP contribution in [-0.2, 0) is 4.79 Å². The number of aromatic nitrogens is 1. The van der Waals surface area contributed by atoms with Crippen LogP contribution in [0.2, 0.25) is 5.02 Å². The molecule has 0 aliphatic carbocycles. The van der Waals surface area contributed by atoms with E-state index in [-0.39, 0.29) is 11.8 Å². The van der Waals surface area contributed by atoms with Gasteiger partial charge in [0.25, 0.3) is 5.91 Å². The molecule has 0 aliphatic rings. The summed E-state index contributed by atoms with van der Waals surface area (Å²) in [6, 6.07) is 38.8. The van der Waals surface area contributed by atoms with Crippen LogP contribution in [0.5, 0.6) is 0 Å².